The maximum atomic E-state index is 13.4. The van der Waals surface area contributed by atoms with Gasteiger partial charge in [-0.2, -0.15) is 0 Å². The quantitative estimate of drug-likeness (QED) is 0.375. The van der Waals surface area contributed by atoms with Gasteiger partial charge in [-0.3, -0.25) is 9.69 Å². The highest BCUT2D eigenvalue weighted by molar-refractivity contribution is 7.09. The number of aromatic nitrogens is 1. The summed E-state index contributed by atoms with van der Waals surface area (Å²) in [5.41, 5.74) is 2.42. The molecule has 6 nitrogen and oxygen atoms in total. The second-order valence-electron chi connectivity index (χ2n) is 7.69. The molecule has 8 heteroatoms. The molecule has 0 radical (unpaired) electrons. The summed E-state index contributed by atoms with van der Waals surface area (Å²) >= 11 is 1.46. The number of nitrogens with zero attached hydrogens (tertiary/aromatic N) is 2. The average Bonchev–Trinajstić information content (AvgIpc) is 3.29. The summed E-state index contributed by atoms with van der Waals surface area (Å²) in [5.74, 6) is 1.04. The summed E-state index contributed by atoms with van der Waals surface area (Å²) in [6.07, 6.45) is 1.97. The number of halogens is 1. The maximum Gasteiger partial charge on any atom is 0.270 e. The molecule has 0 saturated heterocycles. The van der Waals surface area contributed by atoms with Crippen molar-refractivity contribution in [2.75, 3.05) is 20.8 Å². The topological polar surface area (TPSA) is 63.7 Å². The van der Waals surface area contributed by atoms with Crippen molar-refractivity contribution in [2.24, 2.45) is 0 Å². The third kappa shape index (κ3) is 7.27. The van der Waals surface area contributed by atoms with Crippen LogP contribution in [-0.4, -0.2) is 36.6 Å². The Bertz CT molecular complexity index is 1040. The Hall–Kier alpha value is -2.97. The van der Waals surface area contributed by atoms with Crippen molar-refractivity contribution in [1.82, 2.24) is 15.2 Å². The van der Waals surface area contributed by atoms with Gasteiger partial charge >= 0.3 is 0 Å². The second-order valence-corrected chi connectivity index (χ2v) is 8.63. The van der Waals surface area contributed by atoms with Gasteiger partial charge in [-0.15, -0.1) is 11.3 Å². The van der Waals surface area contributed by atoms with Gasteiger partial charge in [-0.05, 0) is 30.2 Å². The fourth-order valence-corrected chi connectivity index (χ4v) is 4.20. The van der Waals surface area contributed by atoms with Crippen LogP contribution in [0.25, 0.3) is 0 Å². The third-order valence-corrected chi connectivity index (χ3v) is 6.00. The molecule has 1 amide bonds. The van der Waals surface area contributed by atoms with Crippen molar-refractivity contribution < 1.29 is 18.7 Å². The Morgan fingerprint density at radius 2 is 1.88 bits per heavy atom. The summed E-state index contributed by atoms with van der Waals surface area (Å²) < 4.78 is 24.3. The number of rotatable bonds is 12. The predicted octanol–water partition coefficient (Wildman–Crippen LogP) is 5.03. The van der Waals surface area contributed by atoms with E-state index in [1.54, 1.807) is 31.7 Å². The molecule has 0 bridgehead atoms. The first-order valence-electron chi connectivity index (χ1n) is 10.9. The van der Waals surface area contributed by atoms with E-state index in [2.05, 4.69) is 22.1 Å². The molecular weight excluding hydrogens is 441 g/mol. The number of unbranched alkanes of at least 4 members (excludes halogenated alkanes) is 1. The summed E-state index contributed by atoms with van der Waals surface area (Å²) in [6.45, 7) is 4.45. The number of nitrogens with one attached hydrogen (secondary N) is 1. The highest BCUT2D eigenvalue weighted by Crippen LogP contribution is 2.27. The van der Waals surface area contributed by atoms with Gasteiger partial charge in [0.05, 0.1) is 20.8 Å². The summed E-state index contributed by atoms with van der Waals surface area (Å²) in [4.78, 5) is 19.1. The second kappa shape index (κ2) is 12.3. The minimum absolute atomic E-state index is 0.146. The Morgan fingerprint density at radius 3 is 2.58 bits per heavy atom. The van der Waals surface area contributed by atoms with Crippen LogP contribution in [0.4, 0.5) is 4.39 Å². The molecule has 0 aliphatic carbocycles. The van der Waals surface area contributed by atoms with E-state index in [1.165, 1.54) is 23.5 Å². The van der Waals surface area contributed by atoms with Gasteiger partial charge in [0, 0.05) is 36.6 Å². The zero-order valence-electron chi connectivity index (χ0n) is 19.3. The molecule has 0 aliphatic rings. The van der Waals surface area contributed by atoms with Crippen LogP contribution in [0.15, 0.2) is 47.8 Å². The molecule has 1 heterocycles. The van der Waals surface area contributed by atoms with E-state index in [0.29, 0.717) is 31.9 Å². The molecule has 33 heavy (non-hydrogen) atoms. The van der Waals surface area contributed by atoms with E-state index in [-0.39, 0.29) is 11.7 Å². The zero-order chi connectivity index (χ0) is 23.6. The van der Waals surface area contributed by atoms with Gasteiger partial charge in [-0.1, -0.05) is 31.5 Å². The third-order valence-electron chi connectivity index (χ3n) is 5.17. The van der Waals surface area contributed by atoms with Crippen LogP contribution in [0.2, 0.25) is 0 Å². The van der Waals surface area contributed by atoms with Crippen molar-refractivity contribution in [3.8, 4) is 11.5 Å². The maximum absolute atomic E-state index is 13.4. The lowest BCUT2D eigenvalue weighted by Crippen LogP contribution is -2.25. The number of amides is 1. The molecular formula is C25H30FN3O3S. The van der Waals surface area contributed by atoms with E-state index in [4.69, 9.17) is 9.47 Å². The number of methoxy groups -OCH3 is 2. The lowest BCUT2D eigenvalue weighted by molar-refractivity contribution is 0.0948. The van der Waals surface area contributed by atoms with Crippen LogP contribution in [0.1, 0.15) is 46.4 Å². The van der Waals surface area contributed by atoms with E-state index in [1.807, 2.05) is 18.2 Å². The van der Waals surface area contributed by atoms with Crippen molar-refractivity contribution in [3.05, 3.63) is 75.5 Å². The number of carbonyl (C=O) groups is 1. The molecule has 176 valence electrons. The van der Waals surface area contributed by atoms with Crippen LogP contribution in [0.3, 0.4) is 0 Å². The molecule has 1 aromatic heterocycles. The van der Waals surface area contributed by atoms with Gasteiger partial charge in [0.2, 0.25) is 0 Å². The van der Waals surface area contributed by atoms with Crippen molar-refractivity contribution in [1.29, 1.82) is 0 Å². The highest BCUT2D eigenvalue weighted by Gasteiger charge is 2.16. The molecule has 3 rings (SSSR count). The molecule has 0 fully saturated rings. The minimum atomic E-state index is -0.263. The molecule has 2 aromatic carbocycles. The fraction of sp³-hybridized carbons (Fsp3) is 0.360. The SMILES string of the molecule is CCCCNC(=O)c1csc(CN(Cc2ccc(F)cc2)Cc2ccc(OC)cc2OC)n1. The van der Waals surface area contributed by atoms with Gasteiger partial charge in [0.15, 0.2) is 0 Å². The van der Waals surface area contributed by atoms with Crippen LogP contribution in [-0.2, 0) is 19.6 Å². The van der Waals surface area contributed by atoms with E-state index < -0.39 is 0 Å². The van der Waals surface area contributed by atoms with Crippen molar-refractivity contribution in [3.63, 3.8) is 0 Å². The summed E-state index contributed by atoms with van der Waals surface area (Å²) in [5, 5.41) is 5.54. The lowest BCUT2D eigenvalue weighted by Gasteiger charge is -2.23. The zero-order valence-corrected chi connectivity index (χ0v) is 20.1. The smallest absolute Gasteiger partial charge is 0.270 e. The normalized spacial score (nSPS) is 10.9. The first kappa shape index (κ1) is 24.7. The molecule has 0 saturated carbocycles. The monoisotopic (exact) mass is 471 g/mol. The molecule has 3 aromatic rings. The number of hydrogen-bond donors (Lipinski definition) is 1. The molecule has 0 spiro atoms. The van der Waals surface area contributed by atoms with Crippen LogP contribution < -0.4 is 14.8 Å². The van der Waals surface area contributed by atoms with Crippen LogP contribution in [0, 0.1) is 5.82 Å². The Balaban J connectivity index is 1.78. The van der Waals surface area contributed by atoms with Gasteiger partial charge in [0.1, 0.15) is 28.0 Å². The number of carbonyl (C=O) groups excluding carboxylic acids is 1. The number of thiazole rings is 1. The Morgan fingerprint density at radius 1 is 1.09 bits per heavy atom. The minimum Gasteiger partial charge on any atom is -0.497 e. The van der Waals surface area contributed by atoms with Crippen LogP contribution >= 0.6 is 11.3 Å². The predicted molar refractivity (Wildman–Crippen MR) is 128 cm³/mol. The van der Waals surface area contributed by atoms with Crippen molar-refractivity contribution in [2.45, 2.75) is 39.4 Å². The largest absolute Gasteiger partial charge is 0.497 e. The molecule has 0 aliphatic heterocycles. The number of hydrogen-bond acceptors (Lipinski definition) is 6. The van der Waals surface area contributed by atoms with Gasteiger partial charge in [-0.25, -0.2) is 9.37 Å². The van der Waals surface area contributed by atoms with E-state index >= 15 is 0 Å². The number of ether oxygens (including phenoxy) is 2. The molecule has 1 N–H and O–H groups in total. The Kier molecular flexibility index (Phi) is 9.21. The summed E-state index contributed by atoms with van der Waals surface area (Å²) in [6, 6.07) is 12.2. The average molecular weight is 472 g/mol. The molecule has 0 atom stereocenters. The fourth-order valence-electron chi connectivity index (χ4n) is 3.39. The standard InChI is InChI=1S/C25H30FN3O3S/c1-4-5-12-27-25(30)22-17-33-24(28-22)16-29(14-18-6-9-20(26)10-7-18)15-19-8-11-21(31-2)13-23(19)32-3/h6-11,13,17H,4-5,12,14-16H2,1-3H3,(H,27,30). The van der Waals surface area contributed by atoms with Crippen LogP contribution in [0.5, 0.6) is 11.5 Å². The molecule has 0 unspecified atom stereocenters. The van der Waals surface area contributed by atoms with E-state index in [9.17, 15) is 9.18 Å². The van der Waals surface area contributed by atoms with Crippen molar-refractivity contribution >= 4 is 17.2 Å². The van der Waals surface area contributed by atoms with E-state index in [0.717, 1.165) is 40.5 Å². The number of benzene rings is 2. The van der Waals surface area contributed by atoms with Gasteiger partial charge < -0.3 is 14.8 Å². The lowest BCUT2D eigenvalue weighted by atomic mass is 10.1. The van der Waals surface area contributed by atoms with Gasteiger partial charge in [0.25, 0.3) is 5.91 Å². The first-order valence-corrected chi connectivity index (χ1v) is 11.8. The Labute approximate surface area is 198 Å². The highest BCUT2D eigenvalue weighted by atomic mass is 32.1. The first-order chi connectivity index (χ1) is 16.0. The summed E-state index contributed by atoms with van der Waals surface area (Å²) in [7, 11) is 3.25.